The van der Waals surface area contributed by atoms with E-state index in [9.17, 15) is 0 Å². The van der Waals surface area contributed by atoms with Gasteiger partial charge in [0.15, 0.2) is 5.96 Å². The van der Waals surface area contributed by atoms with Gasteiger partial charge in [0.05, 0.1) is 0 Å². The summed E-state index contributed by atoms with van der Waals surface area (Å²) in [5, 5.41) is 11.8. The van der Waals surface area contributed by atoms with Crippen molar-refractivity contribution in [3.05, 3.63) is 78.4 Å². The predicted molar refractivity (Wildman–Crippen MR) is 145 cm³/mol. The van der Waals surface area contributed by atoms with E-state index in [1.165, 1.54) is 11.3 Å². The predicted octanol–water partition coefficient (Wildman–Crippen LogP) is 3.47. The molecule has 0 atom stereocenters. The van der Waals surface area contributed by atoms with E-state index < -0.39 is 0 Å². The maximum absolute atomic E-state index is 4.97. The van der Waals surface area contributed by atoms with Gasteiger partial charge in [0.2, 0.25) is 0 Å². The highest BCUT2D eigenvalue weighted by Crippen LogP contribution is 2.15. The van der Waals surface area contributed by atoms with Gasteiger partial charge in [-0.05, 0) is 24.1 Å². The van der Waals surface area contributed by atoms with Crippen LogP contribution in [0.2, 0.25) is 0 Å². The highest BCUT2D eigenvalue weighted by Gasteiger charge is 2.20. The van der Waals surface area contributed by atoms with E-state index in [2.05, 4.69) is 97.5 Å². The Morgan fingerprint density at radius 1 is 0.970 bits per heavy atom. The number of para-hydroxylation sites is 1. The number of nitrogens with one attached hydrogen (secondary N) is 1. The zero-order chi connectivity index (χ0) is 22.0. The van der Waals surface area contributed by atoms with E-state index in [1.807, 2.05) is 6.33 Å². The van der Waals surface area contributed by atoms with Crippen molar-refractivity contribution >= 4 is 35.6 Å². The van der Waals surface area contributed by atoms with Crippen LogP contribution in [0, 0.1) is 0 Å². The van der Waals surface area contributed by atoms with Gasteiger partial charge in [-0.2, -0.15) is 0 Å². The fourth-order valence-corrected chi connectivity index (χ4v) is 4.05. The molecule has 0 amide bonds. The van der Waals surface area contributed by atoms with Crippen molar-refractivity contribution in [2.45, 2.75) is 26.3 Å². The van der Waals surface area contributed by atoms with Gasteiger partial charge in [0.1, 0.15) is 12.2 Å². The lowest BCUT2D eigenvalue weighted by Crippen LogP contribution is -2.53. The molecule has 3 aromatic rings. The number of nitrogens with zero attached hydrogens (tertiary/aromatic N) is 6. The Bertz CT molecular complexity index is 967. The van der Waals surface area contributed by atoms with Gasteiger partial charge in [0.25, 0.3) is 0 Å². The number of halogens is 1. The van der Waals surface area contributed by atoms with E-state index >= 15 is 0 Å². The second kappa shape index (κ2) is 13.2. The molecule has 4 rings (SSSR count). The molecule has 0 aliphatic carbocycles. The first-order valence-corrected chi connectivity index (χ1v) is 11.6. The molecule has 0 saturated carbocycles. The van der Waals surface area contributed by atoms with E-state index in [-0.39, 0.29) is 24.0 Å². The van der Waals surface area contributed by atoms with Crippen LogP contribution in [0.4, 0.5) is 5.69 Å². The van der Waals surface area contributed by atoms with Crippen molar-refractivity contribution in [1.82, 2.24) is 25.0 Å². The number of benzene rings is 2. The fraction of sp³-hybridized carbons (Fsp3) is 0.400. The van der Waals surface area contributed by atoms with Gasteiger partial charge in [-0.3, -0.25) is 4.99 Å². The Balaban J connectivity index is 0.00000306. The lowest BCUT2D eigenvalue weighted by atomic mass is 10.2. The summed E-state index contributed by atoms with van der Waals surface area (Å²) in [5.74, 6) is 2.02. The van der Waals surface area contributed by atoms with Crippen LogP contribution < -0.4 is 10.2 Å². The van der Waals surface area contributed by atoms with Gasteiger partial charge in [-0.1, -0.05) is 55.5 Å². The number of hydrogen-bond acceptors (Lipinski definition) is 4. The van der Waals surface area contributed by atoms with Crippen LogP contribution in [0.15, 0.2) is 72.0 Å². The average molecular weight is 560 g/mol. The number of anilines is 1. The van der Waals surface area contributed by atoms with Crippen LogP contribution in [-0.2, 0) is 19.4 Å². The van der Waals surface area contributed by atoms with E-state index in [1.54, 1.807) is 0 Å². The number of aliphatic imine (C=N–C) groups is 1. The zero-order valence-electron chi connectivity index (χ0n) is 19.3. The Kier molecular flexibility index (Phi) is 9.99. The minimum Gasteiger partial charge on any atom is -0.368 e. The van der Waals surface area contributed by atoms with Gasteiger partial charge in [-0.25, -0.2) is 0 Å². The van der Waals surface area contributed by atoms with Gasteiger partial charge in [-0.15, -0.1) is 34.2 Å². The maximum atomic E-state index is 4.97. The molecule has 2 aromatic carbocycles. The zero-order valence-corrected chi connectivity index (χ0v) is 21.6. The summed E-state index contributed by atoms with van der Waals surface area (Å²) in [6.45, 7) is 8.42. The van der Waals surface area contributed by atoms with Gasteiger partial charge < -0.3 is 19.7 Å². The molecule has 0 spiro atoms. The molecular weight excluding hydrogens is 525 g/mol. The monoisotopic (exact) mass is 559 g/mol. The third-order valence-corrected chi connectivity index (χ3v) is 5.85. The lowest BCUT2D eigenvalue weighted by Gasteiger charge is -2.37. The number of guanidine groups is 1. The van der Waals surface area contributed by atoms with Crippen molar-refractivity contribution < 1.29 is 0 Å². The average Bonchev–Trinajstić information content (AvgIpc) is 3.32. The molecule has 1 saturated heterocycles. The second-order valence-corrected chi connectivity index (χ2v) is 7.97. The summed E-state index contributed by atoms with van der Waals surface area (Å²) in [6.07, 6.45) is 3.65. The van der Waals surface area contributed by atoms with Crippen LogP contribution >= 0.6 is 24.0 Å². The van der Waals surface area contributed by atoms with Crippen molar-refractivity contribution in [3.63, 3.8) is 0 Å². The molecule has 1 aliphatic heterocycles. The van der Waals surface area contributed by atoms with Crippen molar-refractivity contribution in [2.75, 3.05) is 44.2 Å². The standard InChI is InChI=1S/C25H33N7.HI/c1-2-24-29-28-21-32(24)16-15-27-25(26-14-13-22-9-5-3-6-10-22)31-19-17-30(18-20-31)23-11-7-4-8-12-23;/h3-12,21H,2,13-20H2,1H3,(H,26,27);1H. The van der Waals surface area contributed by atoms with Crippen LogP contribution in [0.25, 0.3) is 0 Å². The summed E-state index contributed by atoms with van der Waals surface area (Å²) in [7, 11) is 0. The maximum Gasteiger partial charge on any atom is 0.194 e. The Morgan fingerprint density at radius 2 is 1.67 bits per heavy atom. The molecule has 1 N–H and O–H groups in total. The van der Waals surface area contributed by atoms with E-state index in [0.29, 0.717) is 0 Å². The molecule has 1 aliphatic rings. The third kappa shape index (κ3) is 7.18. The summed E-state index contributed by atoms with van der Waals surface area (Å²) < 4.78 is 2.11. The lowest BCUT2D eigenvalue weighted by molar-refractivity contribution is 0.370. The molecule has 176 valence electrons. The largest absolute Gasteiger partial charge is 0.368 e. The molecule has 1 aromatic heterocycles. The van der Waals surface area contributed by atoms with Crippen LogP contribution in [0.3, 0.4) is 0 Å². The van der Waals surface area contributed by atoms with Crippen LogP contribution in [0.5, 0.6) is 0 Å². The van der Waals surface area contributed by atoms with Crippen molar-refractivity contribution in [3.8, 4) is 0 Å². The van der Waals surface area contributed by atoms with Gasteiger partial charge >= 0.3 is 0 Å². The number of aromatic nitrogens is 3. The minimum absolute atomic E-state index is 0. The number of hydrogen-bond donors (Lipinski definition) is 1. The first-order valence-electron chi connectivity index (χ1n) is 11.6. The summed E-state index contributed by atoms with van der Waals surface area (Å²) >= 11 is 0. The molecule has 0 radical (unpaired) electrons. The number of aryl methyl sites for hydroxylation is 1. The Hall–Kier alpha value is -2.62. The molecule has 0 unspecified atom stereocenters. The first kappa shape index (κ1) is 25.0. The Labute approximate surface area is 213 Å². The molecule has 7 nitrogen and oxygen atoms in total. The SMILES string of the molecule is CCc1nncn1CCNC(=NCCc1ccccc1)N1CCN(c2ccccc2)CC1.I. The number of rotatable bonds is 8. The fourth-order valence-electron chi connectivity index (χ4n) is 4.05. The van der Waals surface area contributed by atoms with E-state index in [4.69, 9.17) is 4.99 Å². The smallest absolute Gasteiger partial charge is 0.194 e. The molecule has 8 heteroatoms. The Morgan fingerprint density at radius 3 is 2.36 bits per heavy atom. The molecule has 0 bridgehead atoms. The normalized spacial score (nSPS) is 14.2. The van der Waals surface area contributed by atoms with Crippen molar-refractivity contribution in [2.24, 2.45) is 4.99 Å². The molecule has 1 fully saturated rings. The highest BCUT2D eigenvalue weighted by molar-refractivity contribution is 14.0. The quantitative estimate of drug-likeness (QED) is 0.260. The van der Waals surface area contributed by atoms with Crippen LogP contribution in [0.1, 0.15) is 18.3 Å². The van der Waals surface area contributed by atoms with E-state index in [0.717, 1.165) is 70.4 Å². The third-order valence-electron chi connectivity index (χ3n) is 5.85. The summed E-state index contributed by atoms with van der Waals surface area (Å²) in [4.78, 5) is 9.81. The molecule has 2 heterocycles. The van der Waals surface area contributed by atoms with Gasteiger partial charge in [0, 0.05) is 57.9 Å². The topological polar surface area (TPSA) is 61.6 Å². The second-order valence-electron chi connectivity index (χ2n) is 7.97. The van der Waals surface area contributed by atoms with Crippen LogP contribution in [-0.4, -0.2) is 64.9 Å². The summed E-state index contributed by atoms with van der Waals surface area (Å²) in [6, 6.07) is 21.2. The first-order chi connectivity index (χ1) is 15.8. The summed E-state index contributed by atoms with van der Waals surface area (Å²) in [5.41, 5.74) is 2.61. The molecular formula is C25H34IN7. The molecule has 33 heavy (non-hydrogen) atoms. The van der Waals surface area contributed by atoms with Crippen molar-refractivity contribution in [1.29, 1.82) is 0 Å². The number of piperazine rings is 1. The highest BCUT2D eigenvalue weighted by atomic mass is 127. The minimum atomic E-state index is 0.